The molecule has 0 saturated heterocycles. The minimum atomic E-state index is -0.405. The van der Waals surface area contributed by atoms with Gasteiger partial charge >= 0.3 is 0 Å². The number of nitrogens with two attached hydrogens (primary N) is 1. The molecule has 0 aromatic heterocycles. The summed E-state index contributed by atoms with van der Waals surface area (Å²) in [5, 5.41) is 0. The van der Waals surface area contributed by atoms with Crippen LogP contribution < -0.4 is 15.4 Å². The van der Waals surface area contributed by atoms with E-state index >= 15 is 0 Å². The van der Waals surface area contributed by atoms with E-state index in [1.807, 2.05) is 24.0 Å². The summed E-state index contributed by atoms with van der Waals surface area (Å²) in [6.07, 6.45) is 4.08. The molecule has 3 rings (SSSR count). The number of carbonyl (C=O) groups is 1. The lowest BCUT2D eigenvalue weighted by molar-refractivity contribution is -0.125. The maximum absolute atomic E-state index is 12.4. The second kappa shape index (κ2) is 5.68. The van der Waals surface area contributed by atoms with Gasteiger partial charge in [0.25, 0.3) is 5.91 Å². The molecule has 114 valence electrons. The highest BCUT2D eigenvalue weighted by atomic mass is 16.5. The number of hydrogen-bond donors (Lipinski definition) is 1. The van der Waals surface area contributed by atoms with E-state index in [0.29, 0.717) is 5.92 Å². The molecule has 21 heavy (non-hydrogen) atoms. The van der Waals surface area contributed by atoms with Crippen molar-refractivity contribution in [3.05, 3.63) is 23.8 Å². The van der Waals surface area contributed by atoms with E-state index in [4.69, 9.17) is 10.5 Å². The molecule has 1 heterocycles. The first-order valence-electron chi connectivity index (χ1n) is 7.99. The summed E-state index contributed by atoms with van der Waals surface area (Å²) in [4.78, 5) is 14.3. The van der Waals surface area contributed by atoms with E-state index in [0.717, 1.165) is 36.4 Å². The molecule has 2 N–H and O–H groups in total. The Hall–Kier alpha value is -1.55. The van der Waals surface area contributed by atoms with E-state index in [2.05, 4.69) is 13.0 Å². The van der Waals surface area contributed by atoms with Crippen molar-refractivity contribution in [2.45, 2.75) is 51.7 Å². The molecule has 2 unspecified atom stereocenters. The summed E-state index contributed by atoms with van der Waals surface area (Å²) in [5.41, 5.74) is 8.30. The number of carbonyl (C=O) groups excluding carboxylic acids is 1. The minimum Gasteiger partial charge on any atom is -0.479 e. The van der Waals surface area contributed by atoms with Crippen LogP contribution in [0.5, 0.6) is 5.75 Å². The van der Waals surface area contributed by atoms with Gasteiger partial charge in [-0.25, -0.2) is 0 Å². The van der Waals surface area contributed by atoms with Crippen LogP contribution in [0.15, 0.2) is 18.2 Å². The summed E-state index contributed by atoms with van der Waals surface area (Å²) >= 11 is 0. The van der Waals surface area contributed by atoms with Crippen molar-refractivity contribution in [1.82, 2.24) is 0 Å². The van der Waals surface area contributed by atoms with E-state index < -0.39 is 6.10 Å². The molecular weight excluding hydrogens is 264 g/mol. The van der Waals surface area contributed by atoms with Gasteiger partial charge in [0, 0.05) is 12.6 Å². The van der Waals surface area contributed by atoms with Crippen molar-refractivity contribution in [3.63, 3.8) is 0 Å². The number of anilines is 1. The molecule has 2 aliphatic rings. The van der Waals surface area contributed by atoms with Gasteiger partial charge in [0.1, 0.15) is 5.75 Å². The highest BCUT2D eigenvalue weighted by Crippen LogP contribution is 2.42. The van der Waals surface area contributed by atoms with Gasteiger partial charge in [-0.2, -0.15) is 0 Å². The molecular formula is C17H24N2O2. The Balaban J connectivity index is 1.92. The van der Waals surface area contributed by atoms with Gasteiger partial charge in [-0.3, -0.25) is 4.79 Å². The predicted molar refractivity (Wildman–Crippen MR) is 83.4 cm³/mol. The van der Waals surface area contributed by atoms with Gasteiger partial charge in [-0.15, -0.1) is 0 Å². The highest BCUT2D eigenvalue weighted by molar-refractivity contribution is 5.99. The molecule has 1 saturated carbocycles. The normalized spacial score (nSPS) is 22.7. The Kier molecular flexibility index (Phi) is 3.89. The SMILES string of the molecule is CCCCN1C(=O)C(C)Oc2ccc(C(N)C3CC3)cc21. The first-order chi connectivity index (χ1) is 10.1. The van der Waals surface area contributed by atoms with E-state index in [9.17, 15) is 4.79 Å². The van der Waals surface area contributed by atoms with Crippen molar-refractivity contribution in [1.29, 1.82) is 0 Å². The van der Waals surface area contributed by atoms with Crippen LogP contribution in [0.1, 0.15) is 51.1 Å². The van der Waals surface area contributed by atoms with E-state index in [1.165, 1.54) is 12.8 Å². The lowest BCUT2D eigenvalue weighted by Gasteiger charge is -2.33. The summed E-state index contributed by atoms with van der Waals surface area (Å²) in [5.74, 6) is 1.45. The molecule has 0 radical (unpaired) electrons. The molecule has 4 nitrogen and oxygen atoms in total. The first-order valence-corrected chi connectivity index (χ1v) is 7.99. The third-order valence-corrected chi connectivity index (χ3v) is 4.44. The Morgan fingerprint density at radius 3 is 2.86 bits per heavy atom. The largest absolute Gasteiger partial charge is 0.479 e. The molecule has 1 aromatic carbocycles. The van der Waals surface area contributed by atoms with Crippen LogP contribution in [0.3, 0.4) is 0 Å². The lowest BCUT2D eigenvalue weighted by atomic mass is 10.0. The van der Waals surface area contributed by atoms with Crippen LogP contribution >= 0.6 is 0 Å². The zero-order chi connectivity index (χ0) is 15.0. The van der Waals surface area contributed by atoms with Crippen molar-refractivity contribution in [3.8, 4) is 5.75 Å². The van der Waals surface area contributed by atoms with Crippen LogP contribution in [0, 0.1) is 5.92 Å². The molecule has 0 bridgehead atoms. The van der Waals surface area contributed by atoms with Gasteiger partial charge in [-0.05, 0) is 49.8 Å². The number of hydrogen-bond acceptors (Lipinski definition) is 3. The Labute approximate surface area is 126 Å². The maximum Gasteiger partial charge on any atom is 0.267 e. The molecule has 4 heteroatoms. The predicted octanol–water partition coefficient (Wildman–Crippen LogP) is 3.01. The molecule has 1 aliphatic carbocycles. The van der Waals surface area contributed by atoms with Crippen LogP contribution in [0.4, 0.5) is 5.69 Å². The monoisotopic (exact) mass is 288 g/mol. The fourth-order valence-corrected chi connectivity index (χ4v) is 2.91. The van der Waals surface area contributed by atoms with Gasteiger partial charge in [0.05, 0.1) is 5.69 Å². The summed E-state index contributed by atoms with van der Waals surface area (Å²) in [6, 6.07) is 6.15. The third kappa shape index (κ3) is 2.77. The van der Waals surface area contributed by atoms with Gasteiger partial charge < -0.3 is 15.4 Å². The summed E-state index contributed by atoms with van der Waals surface area (Å²) in [6.45, 7) is 4.70. The molecule has 0 spiro atoms. The molecule has 1 fully saturated rings. The minimum absolute atomic E-state index is 0.0492. The van der Waals surface area contributed by atoms with Crippen molar-refractivity contribution >= 4 is 11.6 Å². The third-order valence-electron chi connectivity index (χ3n) is 4.44. The van der Waals surface area contributed by atoms with Crippen LogP contribution in [-0.4, -0.2) is 18.6 Å². The quantitative estimate of drug-likeness (QED) is 0.906. The van der Waals surface area contributed by atoms with Gasteiger partial charge in [0.15, 0.2) is 6.10 Å². The topological polar surface area (TPSA) is 55.6 Å². The molecule has 1 aliphatic heterocycles. The number of rotatable bonds is 5. The van der Waals surface area contributed by atoms with E-state index in [-0.39, 0.29) is 11.9 Å². The van der Waals surface area contributed by atoms with Crippen molar-refractivity contribution in [2.24, 2.45) is 11.7 Å². The van der Waals surface area contributed by atoms with Gasteiger partial charge in [-0.1, -0.05) is 19.4 Å². The zero-order valence-corrected chi connectivity index (χ0v) is 12.8. The number of amides is 1. The summed E-state index contributed by atoms with van der Waals surface area (Å²) in [7, 11) is 0. The first kappa shape index (κ1) is 14.4. The van der Waals surface area contributed by atoms with Crippen LogP contribution in [0.2, 0.25) is 0 Å². The second-order valence-electron chi connectivity index (χ2n) is 6.19. The molecule has 2 atom stereocenters. The number of ether oxygens (including phenoxy) is 1. The highest BCUT2D eigenvalue weighted by Gasteiger charge is 2.34. The van der Waals surface area contributed by atoms with Crippen LogP contribution in [-0.2, 0) is 4.79 Å². The zero-order valence-electron chi connectivity index (χ0n) is 12.8. The van der Waals surface area contributed by atoms with E-state index in [1.54, 1.807) is 0 Å². The maximum atomic E-state index is 12.4. The Morgan fingerprint density at radius 2 is 2.19 bits per heavy atom. The van der Waals surface area contributed by atoms with Crippen molar-refractivity contribution in [2.75, 3.05) is 11.4 Å². The fraction of sp³-hybridized carbons (Fsp3) is 0.588. The standard InChI is InChI=1S/C17H24N2O2/c1-3-4-9-19-14-10-13(16(18)12-5-6-12)7-8-15(14)21-11(2)17(19)20/h7-8,10-12,16H,3-6,9,18H2,1-2H3. The molecule has 1 aromatic rings. The number of unbranched alkanes of at least 4 members (excludes halogenated alkanes) is 1. The molecule has 1 amide bonds. The smallest absolute Gasteiger partial charge is 0.267 e. The number of fused-ring (bicyclic) bond motifs is 1. The fourth-order valence-electron chi connectivity index (χ4n) is 2.91. The average molecular weight is 288 g/mol. The second-order valence-corrected chi connectivity index (χ2v) is 6.19. The number of benzene rings is 1. The van der Waals surface area contributed by atoms with Crippen molar-refractivity contribution < 1.29 is 9.53 Å². The van der Waals surface area contributed by atoms with Crippen LogP contribution in [0.25, 0.3) is 0 Å². The lowest BCUT2D eigenvalue weighted by Crippen LogP contribution is -2.45. The number of nitrogens with zero attached hydrogens (tertiary/aromatic N) is 1. The van der Waals surface area contributed by atoms with Gasteiger partial charge in [0.2, 0.25) is 0 Å². The Morgan fingerprint density at radius 1 is 1.43 bits per heavy atom. The average Bonchev–Trinajstić information content (AvgIpc) is 3.31. The summed E-state index contributed by atoms with van der Waals surface area (Å²) < 4.78 is 5.73. The Bertz CT molecular complexity index is 540.